The third kappa shape index (κ3) is 2.23. The second-order valence-electron chi connectivity index (χ2n) is 5.39. The predicted octanol–water partition coefficient (Wildman–Crippen LogP) is 2.47. The Bertz CT molecular complexity index is 607. The largest absolute Gasteiger partial charge is 0.326 e. The molecule has 0 bridgehead atoms. The van der Waals surface area contributed by atoms with Crippen molar-refractivity contribution in [2.24, 2.45) is 11.5 Å². The molecule has 1 aliphatic rings. The van der Waals surface area contributed by atoms with Gasteiger partial charge in [0.05, 0.1) is 5.69 Å². The van der Waals surface area contributed by atoms with Crippen molar-refractivity contribution in [3.8, 4) is 0 Å². The van der Waals surface area contributed by atoms with Gasteiger partial charge in [0, 0.05) is 25.2 Å². The second-order valence-corrected chi connectivity index (χ2v) is 5.39. The highest BCUT2D eigenvalue weighted by Gasteiger charge is 2.25. The van der Waals surface area contributed by atoms with Crippen molar-refractivity contribution >= 4 is 0 Å². The fourth-order valence-electron chi connectivity index (χ4n) is 3.33. The first-order chi connectivity index (χ1) is 9.85. The second kappa shape index (κ2) is 5.73. The van der Waals surface area contributed by atoms with Gasteiger partial charge in [0.25, 0.3) is 0 Å². The number of pyridine rings is 1. The van der Waals surface area contributed by atoms with E-state index in [1.54, 1.807) is 0 Å². The molecule has 3 rings (SSSR count). The van der Waals surface area contributed by atoms with Crippen LogP contribution in [0, 0.1) is 0 Å². The number of aromatic nitrogens is 1. The van der Waals surface area contributed by atoms with Crippen LogP contribution in [0.25, 0.3) is 0 Å². The summed E-state index contributed by atoms with van der Waals surface area (Å²) in [7, 11) is 0. The lowest BCUT2D eigenvalue weighted by molar-refractivity contribution is 0.594. The van der Waals surface area contributed by atoms with Crippen molar-refractivity contribution < 1.29 is 0 Å². The summed E-state index contributed by atoms with van der Waals surface area (Å²) in [5.74, 6) is 0.366. The van der Waals surface area contributed by atoms with E-state index in [0.717, 1.165) is 18.4 Å². The number of hydrogen-bond acceptors (Lipinski definition) is 3. The fourth-order valence-corrected chi connectivity index (χ4v) is 3.33. The quantitative estimate of drug-likeness (QED) is 0.898. The lowest BCUT2D eigenvalue weighted by Gasteiger charge is -2.27. The molecule has 0 aliphatic heterocycles. The SMILES string of the molecule is NCc1cccc(C2CCCc3cccnc32)c1CN. The molecule has 0 amide bonds. The van der Waals surface area contributed by atoms with Crippen LogP contribution in [0.2, 0.25) is 0 Å². The van der Waals surface area contributed by atoms with Crippen LogP contribution in [0.1, 0.15) is 46.7 Å². The first-order valence-electron chi connectivity index (χ1n) is 7.29. The van der Waals surface area contributed by atoms with E-state index < -0.39 is 0 Å². The van der Waals surface area contributed by atoms with Gasteiger partial charge >= 0.3 is 0 Å². The Morgan fingerprint density at radius 1 is 1.10 bits per heavy atom. The molecule has 0 saturated carbocycles. The highest BCUT2D eigenvalue weighted by molar-refractivity contribution is 5.43. The third-order valence-corrected chi connectivity index (χ3v) is 4.30. The predicted molar refractivity (Wildman–Crippen MR) is 81.2 cm³/mol. The highest BCUT2D eigenvalue weighted by Crippen LogP contribution is 2.37. The molecule has 0 radical (unpaired) electrons. The van der Waals surface area contributed by atoms with Crippen LogP contribution >= 0.6 is 0 Å². The molecule has 1 heterocycles. The molecule has 3 nitrogen and oxygen atoms in total. The lowest BCUT2D eigenvalue weighted by Crippen LogP contribution is -2.17. The molecular formula is C17H21N3. The molecule has 1 atom stereocenters. The number of fused-ring (bicyclic) bond motifs is 1. The molecule has 1 aliphatic carbocycles. The zero-order valence-corrected chi connectivity index (χ0v) is 11.7. The van der Waals surface area contributed by atoms with Gasteiger partial charge < -0.3 is 11.5 Å². The van der Waals surface area contributed by atoms with Crippen molar-refractivity contribution in [1.29, 1.82) is 0 Å². The summed E-state index contributed by atoms with van der Waals surface area (Å²) < 4.78 is 0. The minimum atomic E-state index is 0.366. The van der Waals surface area contributed by atoms with Gasteiger partial charge in [0.1, 0.15) is 0 Å². The number of hydrogen-bond donors (Lipinski definition) is 2. The van der Waals surface area contributed by atoms with Gasteiger partial charge in [-0.25, -0.2) is 0 Å². The van der Waals surface area contributed by atoms with Gasteiger partial charge in [0.15, 0.2) is 0 Å². The summed E-state index contributed by atoms with van der Waals surface area (Å²) in [5, 5.41) is 0. The van der Waals surface area contributed by atoms with Gasteiger partial charge in [-0.2, -0.15) is 0 Å². The van der Waals surface area contributed by atoms with Crippen LogP contribution in [0.4, 0.5) is 0 Å². The Morgan fingerprint density at radius 2 is 2.00 bits per heavy atom. The fraction of sp³-hybridized carbons (Fsp3) is 0.353. The van der Waals surface area contributed by atoms with E-state index in [1.807, 2.05) is 12.3 Å². The van der Waals surface area contributed by atoms with E-state index in [-0.39, 0.29) is 0 Å². The summed E-state index contributed by atoms with van der Waals surface area (Å²) in [6.45, 7) is 1.09. The van der Waals surface area contributed by atoms with Gasteiger partial charge in [-0.15, -0.1) is 0 Å². The van der Waals surface area contributed by atoms with Crippen molar-refractivity contribution in [2.45, 2.75) is 38.3 Å². The molecule has 20 heavy (non-hydrogen) atoms. The van der Waals surface area contributed by atoms with Crippen LogP contribution in [0.15, 0.2) is 36.5 Å². The summed E-state index contributed by atoms with van der Waals surface area (Å²) in [4.78, 5) is 4.64. The van der Waals surface area contributed by atoms with E-state index in [0.29, 0.717) is 19.0 Å². The third-order valence-electron chi connectivity index (χ3n) is 4.30. The van der Waals surface area contributed by atoms with Gasteiger partial charge in [-0.05, 0) is 47.6 Å². The molecule has 3 heteroatoms. The molecule has 1 unspecified atom stereocenters. The van der Waals surface area contributed by atoms with Crippen LogP contribution in [0.3, 0.4) is 0 Å². The Balaban J connectivity index is 2.11. The van der Waals surface area contributed by atoms with Gasteiger partial charge in [0.2, 0.25) is 0 Å². The van der Waals surface area contributed by atoms with E-state index in [2.05, 4.69) is 29.2 Å². The maximum atomic E-state index is 5.98. The minimum Gasteiger partial charge on any atom is -0.326 e. The van der Waals surface area contributed by atoms with Crippen LogP contribution in [-0.4, -0.2) is 4.98 Å². The molecule has 2 aromatic rings. The van der Waals surface area contributed by atoms with Crippen molar-refractivity contribution in [2.75, 3.05) is 0 Å². The van der Waals surface area contributed by atoms with Crippen molar-refractivity contribution in [3.05, 3.63) is 64.5 Å². The number of rotatable bonds is 3. The smallest absolute Gasteiger partial charge is 0.0510 e. The first kappa shape index (κ1) is 13.3. The van der Waals surface area contributed by atoms with Crippen molar-refractivity contribution in [1.82, 2.24) is 4.98 Å². The maximum absolute atomic E-state index is 5.98. The first-order valence-corrected chi connectivity index (χ1v) is 7.29. The van der Waals surface area contributed by atoms with E-state index in [4.69, 9.17) is 11.5 Å². The lowest BCUT2D eigenvalue weighted by atomic mass is 9.79. The highest BCUT2D eigenvalue weighted by atomic mass is 14.7. The van der Waals surface area contributed by atoms with Crippen LogP contribution in [-0.2, 0) is 19.5 Å². The monoisotopic (exact) mass is 267 g/mol. The molecule has 0 saturated heterocycles. The molecular weight excluding hydrogens is 246 g/mol. The van der Waals surface area contributed by atoms with Crippen molar-refractivity contribution in [3.63, 3.8) is 0 Å². The number of nitrogens with zero attached hydrogens (tertiary/aromatic N) is 1. The summed E-state index contributed by atoms with van der Waals surface area (Å²) in [6, 6.07) is 10.6. The summed E-state index contributed by atoms with van der Waals surface area (Å²) in [6.07, 6.45) is 5.38. The van der Waals surface area contributed by atoms with Crippen LogP contribution in [0.5, 0.6) is 0 Å². The average Bonchev–Trinajstić information content (AvgIpc) is 2.53. The Hall–Kier alpha value is -1.71. The van der Waals surface area contributed by atoms with E-state index >= 15 is 0 Å². The normalized spacial score (nSPS) is 17.8. The standard InChI is InChI=1S/C17H21N3/c18-10-13-5-2-7-14(16(13)11-19)15-8-1-4-12-6-3-9-20-17(12)15/h2-3,5-7,9,15H,1,4,8,10-11,18-19H2. The molecule has 4 N–H and O–H groups in total. The topological polar surface area (TPSA) is 64.9 Å². The summed E-state index contributed by atoms with van der Waals surface area (Å²) in [5.41, 5.74) is 18.1. The molecule has 0 spiro atoms. The Morgan fingerprint density at radius 3 is 2.80 bits per heavy atom. The average molecular weight is 267 g/mol. The number of nitrogens with two attached hydrogens (primary N) is 2. The Labute approximate surface area is 120 Å². The molecule has 1 aromatic heterocycles. The van der Waals surface area contributed by atoms with Gasteiger partial charge in [-0.3, -0.25) is 4.98 Å². The molecule has 1 aromatic carbocycles. The zero-order chi connectivity index (χ0) is 13.9. The van der Waals surface area contributed by atoms with Crippen LogP contribution < -0.4 is 11.5 Å². The van der Waals surface area contributed by atoms with E-state index in [9.17, 15) is 0 Å². The number of benzene rings is 1. The maximum Gasteiger partial charge on any atom is 0.0510 e. The van der Waals surface area contributed by atoms with Gasteiger partial charge in [-0.1, -0.05) is 24.3 Å². The summed E-state index contributed by atoms with van der Waals surface area (Å²) >= 11 is 0. The van der Waals surface area contributed by atoms with E-state index in [1.165, 1.54) is 28.8 Å². The molecule has 0 fully saturated rings. The minimum absolute atomic E-state index is 0.366. The zero-order valence-electron chi connectivity index (χ0n) is 11.7. The molecule has 104 valence electrons. The Kier molecular flexibility index (Phi) is 3.81. The number of aryl methyl sites for hydroxylation is 1.